The van der Waals surface area contributed by atoms with Crippen LogP contribution in [0.3, 0.4) is 0 Å². The summed E-state index contributed by atoms with van der Waals surface area (Å²) in [4.78, 5) is 9.00. The van der Waals surface area contributed by atoms with Gasteiger partial charge in [0.15, 0.2) is 0 Å². The van der Waals surface area contributed by atoms with E-state index in [0.29, 0.717) is 0 Å². The summed E-state index contributed by atoms with van der Waals surface area (Å²) in [5.74, 6) is 0. The van der Waals surface area contributed by atoms with Crippen LogP contribution in [0.25, 0.3) is 95.8 Å². The van der Waals surface area contributed by atoms with Crippen LogP contribution in [0.2, 0.25) is 0 Å². The summed E-state index contributed by atoms with van der Waals surface area (Å²) in [7, 11) is 0. The van der Waals surface area contributed by atoms with Gasteiger partial charge in [-0.05, 0) is 0 Å². The van der Waals surface area contributed by atoms with Crippen molar-refractivity contribution in [2.45, 2.75) is 0 Å². The minimum absolute atomic E-state index is 0. The molecule has 0 fully saturated rings. The van der Waals surface area contributed by atoms with Crippen LogP contribution in [-0.4, -0.2) is 0 Å². The molecule has 0 amide bonds. The Kier molecular flexibility index (Phi) is 975. The van der Waals surface area contributed by atoms with Crippen LogP contribution in [-0.2, 0) is 21.1 Å². The SMILES string of the molecule is [N-]=[N+]=[N-].[N-]=[N+]=[N-].[N-]=[N+]=[N-].[N-]=[N+]=[N-].[N-]=[N+]=[N-].[N-]=[N+]=[N-].[W]. The number of rotatable bonds is 0. The molecule has 0 N–H and O–H groups in total. The molecule has 19 heteroatoms. The first kappa shape index (κ1) is 45.0. The van der Waals surface area contributed by atoms with Crippen molar-refractivity contribution < 1.29 is 21.1 Å². The van der Waals surface area contributed by atoms with E-state index >= 15 is 0 Å². The zero-order valence-electron chi connectivity index (χ0n) is 8.46. The molecule has 0 aromatic rings. The summed E-state index contributed by atoms with van der Waals surface area (Å²) in [6.45, 7) is 0. The minimum atomic E-state index is 0. The first-order valence-corrected chi connectivity index (χ1v) is 2.40. The first-order chi connectivity index (χ1) is 8.49. The van der Waals surface area contributed by atoms with Crippen LogP contribution in [0, 0.1) is 0 Å². The van der Waals surface area contributed by atoms with Crippen molar-refractivity contribution in [1.82, 2.24) is 0 Å². The maximum atomic E-state index is 6.75. The van der Waals surface area contributed by atoms with Gasteiger partial charge in [-0.25, -0.2) is 0 Å². The summed E-state index contributed by atoms with van der Waals surface area (Å²) in [6, 6.07) is 0. The van der Waals surface area contributed by atoms with Crippen molar-refractivity contribution in [2.75, 3.05) is 0 Å². The fourth-order valence-electron chi connectivity index (χ4n) is 0. The van der Waals surface area contributed by atoms with Crippen LogP contribution in [0.15, 0.2) is 0 Å². The Bertz CT molecular complexity index is 225. The van der Waals surface area contributed by atoms with E-state index < -0.39 is 0 Å². The van der Waals surface area contributed by atoms with Gasteiger partial charge in [-0.1, -0.05) is 0 Å². The standard InChI is InChI=1S/6N3.W/c6*1-3-2;/q6*-1;. The Morgan fingerprint density at radius 3 is 0.263 bits per heavy atom. The van der Waals surface area contributed by atoms with Crippen LogP contribution < -0.4 is 0 Å². The fourth-order valence-corrected chi connectivity index (χ4v) is 0. The molecule has 0 aromatic carbocycles. The molecule has 18 nitrogen and oxygen atoms in total. The topological polar surface area (TPSA) is 352 Å². The molecule has 0 aliphatic heterocycles. The molecule has 0 saturated carbocycles. The second-order valence-corrected chi connectivity index (χ2v) is 0.537. The van der Waals surface area contributed by atoms with Gasteiger partial charge < -0.3 is 66.4 Å². The number of nitrogens with zero attached hydrogens (tertiary/aromatic N) is 18. The molecule has 0 unspecified atom stereocenters. The number of hydrogen-bond donors (Lipinski definition) is 0. The molecule has 0 atom stereocenters. The maximum absolute atomic E-state index is 6.75. The Hall–Kier alpha value is -3.45. The van der Waals surface area contributed by atoms with Crippen LogP contribution in [0.5, 0.6) is 0 Å². The van der Waals surface area contributed by atoms with E-state index in [0.717, 1.165) is 0 Å². The van der Waals surface area contributed by atoms with E-state index in [1.165, 1.54) is 29.5 Å². The molecule has 102 valence electrons. The van der Waals surface area contributed by atoms with Crippen LogP contribution in [0.4, 0.5) is 0 Å². The fraction of sp³-hybridized carbons (Fsp3) is 0. The van der Waals surface area contributed by atoms with Crippen molar-refractivity contribution in [3.63, 3.8) is 0 Å². The Morgan fingerprint density at radius 1 is 0.263 bits per heavy atom. The smallest absolute Gasteiger partial charge is 0 e. The monoisotopic (exact) mass is 436 g/mol. The third kappa shape index (κ3) is 192. The quantitative estimate of drug-likeness (QED) is 0.268. The maximum Gasteiger partial charge on any atom is 0 e. The minimum Gasteiger partial charge on any atom is -0.373 e. The van der Waals surface area contributed by atoms with Crippen molar-refractivity contribution in [2.24, 2.45) is 0 Å². The van der Waals surface area contributed by atoms with Crippen molar-refractivity contribution in [1.29, 1.82) is 0 Å². The van der Waals surface area contributed by atoms with Gasteiger partial charge in [-0.2, -0.15) is 0 Å². The normalized spacial score (nSPS) is 2.53. The third-order valence-corrected chi connectivity index (χ3v) is 0. The van der Waals surface area contributed by atoms with Gasteiger partial charge in [0.05, 0.1) is 0 Å². The van der Waals surface area contributed by atoms with Gasteiger partial charge in [-0.3, -0.25) is 29.5 Å². The van der Waals surface area contributed by atoms with E-state index in [1.807, 2.05) is 0 Å². The summed E-state index contributed by atoms with van der Waals surface area (Å²) in [6.07, 6.45) is 0. The van der Waals surface area contributed by atoms with Crippen molar-refractivity contribution in [3.05, 3.63) is 95.8 Å². The summed E-state index contributed by atoms with van der Waals surface area (Å²) < 4.78 is 0. The van der Waals surface area contributed by atoms with E-state index in [1.54, 1.807) is 0 Å². The molecule has 0 spiro atoms. The molecule has 19 heavy (non-hydrogen) atoms. The summed E-state index contributed by atoms with van der Waals surface area (Å²) in [5.41, 5.74) is 81.0. The van der Waals surface area contributed by atoms with E-state index in [-0.39, 0.29) is 21.1 Å². The third-order valence-electron chi connectivity index (χ3n) is 0. The van der Waals surface area contributed by atoms with Crippen LogP contribution >= 0.6 is 0 Å². The Labute approximate surface area is 117 Å². The predicted molar refractivity (Wildman–Crippen MR) is 60.5 cm³/mol. The predicted octanol–water partition coefficient (Wildman–Crippen LogP) is 5.19. The van der Waals surface area contributed by atoms with Crippen LogP contribution in [0.1, 0.15) is 0 Å². The molecule has 0 aromatic heterocycles. The van der Waals surface area contributed by atoms with Gasteiger partial charge >= 0.3 is 0 Å². The average molecular weight is 436 g/mol. The first-order valence-electron chi connectivity index (χ1n) is 2.40. The van der Waals surface area contributed by atoms with Gasteiger partial charge in [0.1, 0.15) is 0 Å². The van der Waals surface area contributed by atoms with Gasteiger partial charge in [0.2, 0.25) is 0 Å². The second-order valence-electron chi connectivity index (χ2n) is 0.537. The molecule has 0 aliphatic carbocycles. The van der Waals surface area contributed by atoms with Gasteiger partial charge in [0, 0.05) is 21.1 Å². The van der Waals surface area contributed by atoms with Crippen molar-refractivity contribution in [3.8, 4) is 0 Å². The van der Waals surface area contributed by atoms with Gasteiger partial charge in [0.25, 0.3) is 0 Å². The Balaban J connectivity index is -0.0000000180. The van der Waals surface area contributed by atoms with E-state index in [2.05, 4.69) is 0 Å². The van der Waals surface area contributed by atoms with Gasteiger partial charge in [-0.15, -0.1) is 0 Å². The molecule has 0 bridgehead atoms. The Morgan fingerprint density at radius 2 is 0.263 bits per heavy atom. The summed E-state index contributed by atoms with van der Waals surface area (Å²) in [5, 5.41) is 0. The van der Waals surface area contributed by atoms with E-state index in [4.69, 9.17) is 66.4 Å². The molecule has 0 aliphatic rings. The zero-order valence-corrected chi connectivity index (χ0v) is 11.4. The summed E-state index contributed by atoms with van der Waals surface area (Å²) >= 11 is 0. The average Bonchev–Trinajstić information content (AvgIpc) is 2.23. The largest absolute Gasteiger partial charge is 0.373 e. The second kappa shape index (κ2) is 411. The molecular formula is N18W-6. The number of hydrogen-bond acceptors (Lipinski definition) is 0. The molecule has 0 saturated heterocycles. The molecule has 0 rings (SSSR count). The molecular weight excluding hydrogens is 436 g/mol. The molecule has 0 radical (unpaired) electrons. The van der Waals surface area contributed by atoms with Crippen molar-refractivity contribution >= 4 is 0 Å². The molecule has 0 heterocycles. The van der Waals surface area contributed by atoms with E-state index in [9.17, 15) is 0 Å². The zero-order chi connectivity index (χ0) is 16.2.